The number of H-pyrrole nitrogens is 1. The van der Waals surface area contributed by atoms with E-state index in [-0.39, 0.29) is 5.56 Å². The Kier molecular flexibility index (Phi) is 2.91. The number of aromatic nitrogens is 1. The topological polar surface area (TPSA) is 32.9 Å². The number of rotatable bonds is 2. The first kappa shape index (κ1) is 10.0. The summed E-state index contributed by atoms with van der Waals surface area (Å²) in [5.74, 6) is 0.305. The average Bonchev–Trinajstić information content (AvgIpc) is 2.01. The highest BCUT2D eigenvalue weighted by molar-refractivity contribution is 5.28. The van der Waals surface area contributed by atoms with Gasteiger partial charge in [0, 0.05) is 11.3 Å². The van der Waals surface area contributed by atoms with Gasteiger partial charge in [0.05, 0.1) is 0 Å². The normalized spacial score (nSPS) is 10.8. The lowest BCUT2D eigenvalue weighted by atomic mass is 9.97. The monoisotopic (exact) mass is 179 g/mol. The molecule has 1 rings (SSSR count). The molecule has 0 aromatic carbocycles. The fourth-order valence-electron chi connectivity index (χ4n) is 1.69. The molecule has 0 amide bonds. The summed E-state index contributed by atoms with van der Waals surface area (Å²) in [7, 11) is 0. The minimum Gasteiger partial charge on any atom is -0.326 e. The first-order chi connectivity index (χ1) is 6.06. The molecule has 2 heteroatoms. The van der Waals surface area contributed by atoms with E-state index in [2.05, 4.69) is 31.8 Å². The van der Waals surface area contributed by atoms with E-state index < -0.39 is 0 Å². The molecule has 1 N–H and O–H groups in total. The summed E-state index contributed by atoms with van der Waals surface area (Å²) in [5.41, 5.74) is 3.14. The Balaban J connectivity index is 3.39. The minimum atomic E-state index is 0.0758. The number of aryl methyl sites for hydroxylation is 2. The van der Waals surface area contributed by atoms with Gasteiger partial charge in [-0.1, -0.05) is 20.8 Å². The van der Waals surface area contributed by atoms with Crippen LogP contribution in [-0.4, -0.2) is 4.98 Å². The number of aromatic amines is 1. The van der Waals surface area contributed by atoms with Crippen molar-refractivity contribution in [2.24, 2.45) is 0 Å². The zero-order chi connectivity index (χ0) is 10.0. The summed E-state index contributed by atoms with van der Waals surface area (Å²) < 4.78 is 0. The lowest BCUT2D eigenvalue weighted by Gasteiger charge is -2.10. The van der Waals surface area contributed by atoms with Gasteiger partial charge in [-0.15, -0.1) is 0 Å². The molecule has 0 atom stereocenters. The summed E-state index contributed by atoms with van der Waals surface area (Å²) in [5, 5.41) is 0. The Labute approximate surface area is 79.0 Å². The smallest absolute Gasteiger partial charge is 0.251 e. The maximum atomic E-state index is 11.6. The van der Waals surface area contributed by atoms with Gasteiger partial charge >= 0.3 is 0 Å². The van der Waals surface area contributed by atoms with Crippen molar-refractivity contribution in [3.05, 3.63) is 33.2 Å². The van der Waals surface area contributed by atoms with Crippen LogP contribution in [0, 0.1) is 6.92 Å². The molecule has 0 fully saturated rings. The Morgan fingerprint density at radius 2 is 2.08 bits per heavy atom. The van der Waals surface area contributed by atoms with E-state index in [4.69, 9.17) is 0 Å². The predicted octanol–water partition coefficient (Wildman–Crippen LogP) is 2.37. The lowest BCUT2D eigenvalue weighted by molar-refractivity contribution is 0.816. The van der Waals surface area contributed by atoms with Crippen LogP contribution in [0.3, 0.4) is 0 Å². The van der Waals surface area contributed by atoms with Crippen molar-refractivity contribution in [2.75, 3.05) is 0 Å². The van der Waals surface area contributed by atoms with E-state index in [1.54, 1.807) is 0 Å². The third kappa shape index (κ3) is 2.00. The van der Waals surface area contributed by atoms with E-state index in [0.29, 0.717) is 5.92 Å². The molecule has 1 heterocycles. The maximum absolute atomic E-state index is 11.6. The molecule has 0 aliphatic rings. The number of hydrogen-bond acceptors (Lipinski definition) is 1. The highest BCUT2D eigenvalue weighted by atomic mass is 16.1. The summed E-state index contributed by atoms with van der Waals surface area (Å²) in [6.45, 7) is 8.11. The van der Waals surface area contributed by atoms with Crippen molar-refractivity contribution in [1.29, 1.82) is 0 Å². The third-order valence-electron chi connectivity index (χ3n) is 2.25. The highest BCUT2D eigenvalue weighted by Crippen LogP contribution is 2.15. The largest absolute Gasteiger partial charge is 0.326 e. The van der Waals surface area contributed by atoms with Crippen LogP contribution in [0.1, 0.15) is 43.5 Å². The van der Waals surface area contributed by atoms with E-state index in [1.807, 2.05) is 6.92 Å². The van der Waals surface area contributed by atoms with Crippen LogP contribution in [-0.2, 0) is 6.42 Å². The fourth-order valence-corrected chi connectivity index (χ4v) is 1.69. The molecule has 0 saturated carbocycles. The van der Waals surface area contributed by atoms with Crippen LogP contribution in [0.25, 0.3) is 0 Å². The molecule has 0 aliphatic carbocycles. The molecule has 0 radical (unpaired) electrons. The van der Waals surface area contributed by atoms with Crippen LogP contribution < -0.4 is 5.56 Å². The average molecular weight is 179 g/mol. The molecular weight excluding hydrogens is 162 g/mol. The van der Waals surface area contributed by atoms with Gasteiger partial charge in [-0.2, -0.15) is 0 Å². The van der Waals surface area contributed by atoms with Crippen LogP contribution in [0.2, 0.25) is 0 Å². The van der Waals surface area contributed by atoms with Crippen molar-refractivity contribution >= 4 is 0 Å². The summed E-state index contributed by atoms with van der Waals surface area (Å²) in [4.78, 5) is 14.4. The lowest BCUT2D eigenvalue weighted by Crippen LogP contribution is -2.17. The van der Waals surface area contributed by atoms with Gasteiger partial charge < -0.3 is 4.98 Å². The van der Waals surface area contributed by atoms with E-state index >= 15 is 0 Å². The molecule has 0 unspecified atom stereocenters. The standard InChI is InChI=1S/C11H17NO/c1-5-9-6-8(4)12-11(13)10(9)7(2)3/h6-7H,5H2,1-4H3,(H,12,13). The summed E-state index contributed by atoms with van der Waals surface area (Å²) >= 11 is 0. The Hall–Kier alpha value is -1.05. The molecule has 0 bridgehead atoms. The van der Waals surface area contributed by atoms with Crippen LogP contribution in [0.5, 0.6) is 0 Å². The predicted molar refractivity (Wildman–Crippen MR) is 55.3 cm³/mol. The number of nitrogens with one attached hydrogen (secondary N) is 1. The molecule has 1 aromatic heterocycles. The van der Waals surface area contributed by atoms with Crippen LogP contribution in [0.15, 0.2) is 10.9 Å². The first-order valence-corrected chi connectivity index (χ1v) is 4.79. The zero-order valence-corrected chi connectivity index (χ0v) is 8.77. The molecule has 72 valence electrons. The highest BCUT2D eigenvalue weighted by Gasteiger charge is 2.10. The Bertz CT molecular complexity index is 350. The first-order valence-electron chi connectivity index (χ1n) is 4.79. The van der Waals surface area contributed by atoms with Crippen LogP contribution in [0.4, 0.5) is 0 Å². The van der Waals surface area contributed by atoms with Crippen molar-refractivity contribution in [1.82, 2.24) is 4.98 Å². The van der Waals surface area contributed by atoms with Gasteiger partial charge in [-0.3, -0.25) is 4.79 Å². The fraction of sp³-hybridized carbons (Fsp3) is 0.545. The molecule has 13 heavy (non-hydrogen) atoms. The molecule has 0 spiro atoms. The maximum Gasteiger partial charge on any atom is 0.251 e. The molecule has 2 nitrogen and oxygen atoms in total. The second kappa shape index (κ2) is 3.77. The van der Waals surface area contributed by atoms with Gasteiger partial charge in [-0.05, 0) is 30.9 Å². The van der Waals surface area contributed by atoms with Gasteiger partial charge in [-0.25, -0.2) is 0 Å². The SMILES string of the molecule is CCc1cc(C)[nH]c(=O)c1C(C)C. The van der Waals surface area contributed by atoms with Gasteiger partial charge in [0.15, 0.2) is 0 Å². The Morgan fingerprint density at radius 3 is 2.54 bits per heavy atom. The molecule has 0 saturated heterocycles. The van der Waals surface area contributed by atoms with Crippen molar-refractivity contribution in [2.45, 2.75) is 40.0 Å². The zero-order valence-electron chi connectivity index (χ0n) is 8.77. The van der Waals surface area contributed by atoms with Crippen molar-refractivity contribution < 1.29 is 0 Å². The second-order valence-electron chi connectivity index (χ2n) is 3.73. The molecular formula is C11H17NO. The summed E-state index contributed by atoms with van der Waals surface area (Å²) in [6, 6.07) is 2.07. The number of hydrogen-bond donors (Lipinski definition) is 1. The van der Waals surface area contributed by atoms with Gasteiger partial charge in [0.25, 0.3) is 5.56 Å². The number of pyridine rings is 1. The van der Waals surface area contributed by atoms with Crippen LogP contribution >= 0.6 is 0 Å². The van der Waals surface area contributed by atoms with E-state index in [0.717, 1.165) is 17.7 Å². The second-order valence-corrected chi connectivity index (χ2v) is 3.73. The quantitative estimate of drug-likeness (QED) is 0.742. The Morgan fingerprint density at radius 1 is 1.46 bits per heavy atom. The minimum absolute atomic E-state index is 0.0758. The van der Waals surface area contributed by atoms with Crippen molar-refractivity contribution in [3.63, 3.8) is 0 Å². The van der Waals surface area contributed by atoms with E-state index in [1.165, 1.54) is 5.56 Å². The van der Waals surface area contributed by atoms with Gasteiger partial charge in [0.2, 0.25) is 0 Å². The van der Waals surface area contributed by atoms with Gasteiger partial charge in [0.1, 0.15) is 0 Å². The molecule has 0 aliphatic heterocycles. The molecule has 1 aromatic rings. The van der Waals surface area contributed by atoms with E-state index in [9.17, 15) is 4.79 Å². The van der Waals surface area contributed by atoms with Crippen molar-refractivity contribution in [3.8, 4) is 0 Å². The third-order valence-corrected chi connectivity index (χ3v) is 2.25. The summed E-state index contributed by atoms with van der Waals surface area (Å²) in [6.07, 6.45) is 0.929.